The van der Waals surface area contributed by atoms with Crippen molar-refractivity contribution in [2.75, 3.05) is 46.4 Å². The second-order valence-corrected chi connectivity index (χ2v) is 7.43. The first-order valence-corrected chi connectivity index (χ1v) is 9.36. The Labute approximate surface area is 158 Å². The molecule has 3 aliphatic heterocycles. The number of hydrogen-bond acceptors (Lipinski definition) is 6. The number of piperidine rings is 1. The zero-order chi connectivity index (χ0) is 18.9. The van der Waals surface area contributed by atoms with Gasteiger partial charge in [0.1, 0.15) is 18.8 Å². The van der Waals surface area contributed by atoms with Gasteiger partial charge in [-0.2, -0.15) is 0 Å². The van der Waals surface area contributed by atoms with Crippen molar-refractivity contribution in [2.24, 2.45) is 0 Å². The van der Waals surface area contributed by atoms with E-state index in [9.17, 15) is 9.59 Å². The molecule has 0 saturated carbocycles. The minimum Gasteiger partial charge on any atom is -0.486 e. The summed E-state index contributed by atoms with van der Waals surface area (Å²) in [5, 5.41) is 3.27. The number of para-hydroxylation sites is 2. The van der Waals surface area contributed by atoms with Crippen LogP contribution in [0.5, 0.6) is 11.5 Å². The number of amides is 2. The number of carbonyl (C=O) groups is 2. The van der Waals surface area contributed by atoms with Crippen LogP contribution in [0.2, 0.25) is 0 Å². The highest BCUT2D eigenvalue weighted by Gasteiger charge is 2.46. The molecule has 1 atom stereocenters. The minimum atomic E-state index is -0.439. The molecular weight excluding hydrogens is 350 g/mol. The monoisotopic (exact) mass is 375 g/mol. The lowest BCUT2D eigenvalue weighted by Crippen LogP contribution is -2.47. The predicted octanol–water partition coefficient (Wildman–Crippen LogP) is 0.859. The van der Waals surface area contributed by atoms with E-state index in [-0.39, 0.29) is 18.6 Å². The lowest BCUT2D eigenvalue weighted by atomic mass is 9.92. The van der Waals surface area contributed by atoms with Crippen molar-refractivity contribution >= 4 is 12.0 Å². The smallest absolute Gasteiger partial charge is 0.410 e. The predicted molar refractivity (Wildman–Crippen MR) is 96.9 cm³/mol. The number of hydrogen-bond donors (Lipinski definition) is 1. The highest BCUT2D eigenvalue weighted by molar-refractivity contribution is 5.83. The minimum absolute atomic E-state index is 0.0225. The standard InChI is InChI=1S/C19H25N3O5/c1-21(10-14-12-25-15-4-2-3-5-16(15)26-14)17(23)11-22-13-19(27-18(22)24)6-8-20-9-7-19/h2-5,14,20H,6-13H2,1H3. The molecule has 3 aliphatic rings. The first-order chi connectivity index (χ1) is 13.0. The summed E-state index contributed by atoms with van der Waals surface area (Å²) in [4.78, 5) is 27.9. The molecule has 2 amide bonds. The molecule has 27 heavy (non-hydrogen) atoms. The zero-order valence-electron chi connectivity index (χ0n) is 15.5. The topological polar surface area (TPSA) is 80.3 Å². The fourth-order valence-corrected chi connectivity index (χ4v) is 3.80. The Hall–Kier alpha value is -2.48. The van der Waals surface area contributed by atoms with Crippen LogP contribution in [0.4, 0.5) is 4.79 Å². The average Bonchev–Trinajstić information content (AvgIpc) is 2.96. The molecule has 3 heterocycles. The summed E-state index contributed by atoms with van der Waals surface area (Å²) in [6.45, 7) is 2.94. The molecule has 1 unspecified atom stereocenters. The Morgan fingerprint density at radius 2 is 2.04 bits per heavy atom. The summed E-state index contributed by atoms with van der Waals surface area (Å²) in [5.74, 6) is 1.26. The molecule has 2 fully saturated rings. The molecule has 4 rings (SSSR count). The van der Waals surface area contributed by atoms with Gasteiger partial charge in [-0.15, -0.1) is 0 Å². The summed E-state index contributed by atoms with van der Waals surface area (Å²) < 4.78 is 17.2. The average molecular weight is 375 g/mol. The maximum Gasteiger partial charge on any atom is 0.410 e. The maximum atomic E-state index is 12.6. The van der Waals surface area contributed by atoms with Gasteiger partial charge in [-0.3, -0.25) is 9.69 Å². The summed E-state index contributed by atoms with van der Waals surface area (Å²) >= 11 is 0. The van der Waals surface area contributed by atoms with Crippen LogP contribution in [0.3, 0.4) is 0 Å². The molecule has 8 nitrogen and oxygen atoms in total. The number of ether oxygens (including phenoxy) is 3. The second-order valence-electron chi connectivity index (χ2n) is 7.43. The van der Waals surface area contributed by atoms with E-state index >= 15 is 0 Å². The van der Waals surface area contributed by atoms with Gasteiger partial charge in [-0.1, -0.05) is 12.1 Å². The van der Waals surface area contributed by atoms with E-state index in [4.69, 9.17) is 14.2 Å². The molecule has 0 bridgehead atoms. The summed E-state index contributed by atoms with van der Waals surface area (Å²) in [7, 11) is 1.72. The number of rotatable bonds is 4. The van der Waals surface area contributed by atoms with Gasteiger partial charge in [0.2, 0.25) is 5.91 Å². The number of likely N-dealkylation sites (N-methyl/N-ethyl adjacent to an activating group) is 1. The van der Waals surface area contributed by atoms with Crippen LogP contribution in [0.25, 0.3) is 0 Å². The van der Waals surface area contributed by atoms with Crippen molar-refractivity contribution in [1.29, 1.82) is 0 Å². The molecule has 2 saturated heterocycles. The van der Waals surface area contributed by atoms with E-state index in [1.54, 1.807) is 11.9 Å². The van der Waals surface area contributed by atoms with Crippen molar-refractivity contribution in [3.8, 4) is 11.5 Å². The number of benzene rings is 1. The Kier molecular flexibility index (Phi) is 4.82. The van der Waals surface area contributed by atoms with Crippen LogP contribution in [-0.4, -0.2) is 79.9 Å². The van der Waals surface area contributed by atoms with Gasteiger partial charge in [0.05, 0.1) is 13.1 Å². The first kappa shape index (κ1) is 17.9. The third kappa shape index (κ3) is 3.80. The highest BCUT2D eigenvalue weighted by atomic mass is 16.6. The van der Waals surface area contributed by atoms with Crippen LogP contribution < -0.4 is 14.8 Å². The molecule has 0 aromatic heterocycles. The van der Waals surface area contributed by atoms with Gasteiger partial charge in [-0.05, 0) is 25.2 Å². The maximum absolute atomic E-state index is 12.6. The summed E-state index contributed by atoms with van der Waals surface area (Å²) in [5.41, 5.74) is -0.439. The van der Waals surface area contributed by atoms with E-state index in [1.165, 1.54) is 4.90 Å². The number of fused-ring (bicyclic) bond motifs is 1. The molecule has 146 valence electrons. The lowest BCUT2D eigenvalue weighted by molar-refractivity contribution is -0.131. The number of nitrogens with one attached hydrogen (secondary N) is 1. The van der Waals surface area contributed by atoms with Gasteiger partial charge in [0.25, 0.3) is 0 Å². The Morgan fingerprint density at radius 3 is 2.81 bits per heavy atom. The molecule has 0 aliphatic carbocycles. The third-order valence-corrected chi connectivity index (χ3v) is 5.35. The Bertz CT molecular complexity index is 719. The van der Waals surface area contributed by atoms with Gasteiger partial charge < -0.3 is 24.4 Å². The zero-order valence-corrected chi connectivity index (χ0v) is 15.5. The largest absolute Gasteiger partial charge is 0.486 e. The van der Waals surface area contributed by atoms with Crippen molar-refractivity contribution < 1.29 is 23.8 Å². The summed E-state index contributed by atoms with van der Waals surface area (Å²) in [6.07, 6.45) is 0.928. The van der Waals surface area contributed by atoms with Gasteiger partial charge in [0.15, 0.2) is 17.6 Å². The lowest BCUT2D eigenvalue weighted by Gasteiger charge is -2.31. The molecule has 1 aromatic carbocycles. The molecule has 1 spiro atoms. The van der Waals surface area contributed by atoms with Gasteiger partial charge >= 0.3 is 6.09 Å². The van der Waals surface area contributed by atoms with Crippen molar-refractivity contribution in [2.45, 2.75) is 24.5 Å². The van der Waals surface area contributed by atoms with Crippen molar-refractivity contribution in [3.05, 3.63) is 24.3 Å². The molecule has 1 N–H and O–H groups in total. The van der Waals surface area contributed by atoms with E-state index < -0.39 is 11.7 Å². The quantitative estimate of drug-likeness (QED) is 0.841. The highest BCUT2D eigenvalue weighted by Crippen LogP contribution is 2.32. The SMILES string of the molecule is CN(CC1COc2ccccc2O1)C(=O)CN1CC2(CCNCC2)OC1=O. The van der Waals surface area contributed by atoms with E-state index in [0.29, 0.717) is 25.4 Å². The fraction of sp³-hybridized carbons (Fsp3) is 0.579. The normalized spacial score (nSPS) is 23.2. The van der Waals surface area contributed by atoms with E-state index in [1.807, 2.05) is 24.3 Å². The van der Waals surface area contributed by atoms with E-state index in [0.717, 1.165) is 31.7 Å². The third-order valence-electron chi connectivity index (χ3n) is 5.35. The van der Waals surface area contributed by atoms with E-state index in [2.05, 4.69) is 5.32 Å². The molecule has 1 aromatic rings. The van der Waals surface area contributed by atoms with Crippen LogP contribution in [0.15, 0.2) is 24.3 Å². The van der Waals surface area contributed by atoms with Crippen LogP contribution in [0.1, 0.15) is 12.8 Å². The van der Waals surface area contributed by atoms with Gasteiger partial charge in [0, 0.05) is 19.9 Å². The first-order valence-electron chi connectivity index (χ1n) is 9.36. The van der Waals surface area contributed by atoms with Gasteiger partial charge in [-0.25, -0.2) is 4.79 Å². The van der Waals surface area contributed by atoms with Crippen molar-refractivity contribution in [3.63, 3.8) is 0 Å². The van der Waals surface area contributed by atoms with Crippen LogP contribution in [-0.2, 0) is 9.53 Å². The second kappa shape index (κ2) is 7.26. The van der Waals surface area contributed by atoms with Crippen molar-refractivity contribution in [1.82, 2.24) is 15.1 Å². The number of nitrogens with zero attached hydrogens (tertiary/aromatic N) is 2. The molecule has 8 heteroatoms. The summed E-state index contributed by atoms with van der Waals surface area (Å²) in [6, 6.07) is 7.48. The van der Waals surface area contributed by atoms with Crippen LogP contribution >= 0.6 is 0 Å². The Balaban J connectivity index is 1.30. The number of carbonyl (C=O) groups excluding carboxylic acids is 2. The Morgan fingerprint density at radius 1 is 1.30 bits per heavy atom. The molecule has 0 radical (unpaired) electrons. The van der Waals surface area contributed by atoms with Crippen LogP contribution in [0, 0.1) is 0 Å². The molecular formula is C19H25N3O5. The fourth-order valence-electron chi connectivity index (χ4n) is 3.80.